The molecule has 0 saturated heterocycles. The molecule has 116 valence electrons. The maximum absolute atomic E-state index is 11.9. The molecule has 2 aromatic rings. The van der Waals surface area contributed by atoms with Crippen molar-refractivity contribution in [3.63, 3.8) is 0 Å². The van der Waals surface area contributed by atoms with E-state index in [1.54, 1.807) is 4.98 Å². The second kappa shape index (κ2) is 7.06. The molecule has 0 aliphatic carbocycles. The molecular formula is C12H7Cl2LiN2O6. The third-order valence-corrected chi connectivity index (χ3v) is 3.07. The van der Waals surface area contributed by atoms with Crippen molar-refractivity contribution >= 4 is 54.0 Å². The fraction of sp³-hybridized carbons (Fsp3) is 0. The molecule has 0 fully saturated rings. The van der Waals surface area contributed by atoms with E-state index >= 15 is 0 Å². The first kappa shape index (κ1) is 19.1. The molecule has 3 N–H and O–H groups in total. The Morgan fingerprint density at radius 1 is 1.00 bits per heavy atom. The van der Waals surface area contributed by atoms with Crippen LogP contribution in [0, 0.1) is 0 Å². The van der Waals surface area contributed by atoms with Crippen LogP contribution in [-0.4, -0.2) is 50.6 Å². The molecule has 0 bridgehead atoms. The summed E-state index contributed by atoms with van der Waals surface area (Å²) in [6.07, 6.45) is 0. The number of aromatic nitrogens is 2. The zero-order valence-corrected chi connectivity index (χ0v) is 12.0. The molecule has 0 amide bonds. The fourth-order valence-corrected chi connectivity index (χ4v) is 2.37. The van der Waals surface area contributed by atoms with Crippen LogP contribution in [0.5, 0.6) is 0 Å². The van der Waals surface area contributed by atoms with E-state index in [0.29, 0.717) is 4.57 Å². The Morgan fingerprint density at radius 3 is 1.96 bits per heavy atom. The number of carboxylic acid groups (broad SMARTS) is 2. The average molecular weight is 353 g/mol. The summed E-state index contributed by atoms with van der Waals surface area (Å²) in [7, 11) is 0. The Labute approximate surface area is 149 Å². The van der Waals surface area contributed by atoms with Crippen LogP contribution in [0.1, 0.15) is 20.8 Å². The van der Waals surface area contributed by atoms with Gasteiger partial charge in [0.15, 0.2) is 11.3 Å². The molecule has 0 aliphatic heterocycles. The van der Waals surface area contributed by atoms with Gasteiger partial charge in [-0.1, -0.05) is 23.2 Å². The number of aromatic amines is 1. The van der Waals surface area contributed by atoms with Gasteiger partial charge >= 0.3 is 36.5 Å². The van der Waals surface area contributed by atoms with Crippen LogP contribution in [-0.2, 0) is 0 Å². The second-order valence-corrected chi connectivity index (χ2v) is 4.93. The van der Waals surface area contributed by atoms with Crippen LogP contribution < -0.4 is 11.2 Å². The molecule has 1 aromatic heterocycles. The number of hydrogen-bond donors (Lipinski definition) is 3. The number of hydrogen-bond acceptors (Lipinski definition) is 4. The topological polar surface area (TPSA) is 129 Å². The van der Waals surface area contributed by atoms with Gasteiger partial charge in [0, 0.05) is 10.0 Å². The molecule has 1 aromatic carbocycles. The Kier molecular flexibility index (Phi) is 5.85. The van der Waals surface area contributed by atoms with Crippen molar-refractivity contribution in [2.75, 3.05) is 0 Å². The number of carboxylic acids is 2. The summed E-state index contributed by atoms with van der Waals surface area (Å²) in [6.45, 7) is 0. The van der Waals surface area contributed by atoms with Crippen LogP contribution in [0.4, 0.5) is 0 Å². The van der Waals surface area contributed by atoms with E-state index in [9.17, 15) is 24.3 Å². The molecule has 0 unspecified atom stereocenters. The molecule has 0 saturated carbocycles. The molecule has 0 aliphatic rings. The summed E-state index contributed by atoms with van der Waals surface area (Å²) in [5.74, 6) is -3.56. The summed E-state index contributed by atoms with van der Waals surface area (Å²) in [5, 5.41) is 18.4. The fourth-order valence-electron chi connectivity index (χ4n) is 1.85. The number of H-pyrrole nitrogens is 1. The van der Waals surface area contributed by atoms with Crippen molar-refractivity contribution in [2.24, 2.45) is 0 Å². The van der Waals surface area contributed by atoms with Crippen molar-refractivity contribution in [3.8, 4) is 5.69 Å². The van der Waals surface area contributed by atoms with Crippen LogP contribution in [0.25, 0.3) is 5.69 Å². The first-order valence-corrected chi connectivity index (χ1v) is 6.30. The summed E-state index contributed by atoms with van der Waals surface area (Å²) >= 11 is 11.6. The monoisotopic (exact) mass is 352 g/mol. The number of nitrogens with one attached hydrogen (secondary N) is 1. The van der Waals surface area contributed by atoms with E-state index in [2.05, 4.69) is 0 Å². The average Bonchev–Trinajstić information content (AvgIpc) is 2.35. The van der Waals surface area contributed by atoms with E-state index in [1.807, 2.05) is 0 Å². The molecule has 0 radical (unpaired) electrons. The van der Waals surface area contributed by atoms with Gasteiger partial charge in [0.1, 0.15) is 0 Å². The van der Waals surface area contributed by atoms with Gasteiger partial charge in [0.2, 0.25) is 0 Å². The normalized spacial score (nSPS) is 10.0. The zero-order valence-electron chi connectivity index (χ0n) is 10.5. The Balaban J connectivity index is 0.00000264. The number of nitrogens with zero attached hydrogens (tertiary/aromatic N) is 1. The molecule has 0 spiro atoms. The minimum atomic E-state index is -1.79. The summed E-state index contributed by atoms with van der Waals surface area (Å²) in [4.78, 5) is 47.7. The van der Waals surface area contributed by atoms with Gasteiger partial charge in [0.05, 0.1) is 5.69 Å². The van der Waals surface area contributed by atoms with Gasteiger partial charge in [-0.05, 0) is 18.2 Å². The predicted octanol–water partition coefficient (Wildman–Crippen LogP) is 0.580. The van der Waals surface area contributed by atoms with Gasteiger partial charge in [-0.3, -0.25) is 14.3 Å². The molecule has 1 heterocycles. The number of aromatic carboxylic acids is 2. The van der Waals surface area contributed by atoms with Crippen molar-refractivity contribution in [2.45, 2.75) is 0 Å². The Bertz CT molecular complexity index is 900. The SMILES string of the molecule is O=C(O)c1c(C(=O)O)n(-c2cc(Cl)cc(Cl)c2)c(=O)[nH]c1=O.[LiH]. The summed E-state index contributed by atoms with van der Waals surface area (Å²) in [5.41, 5.74) is -4.63. The number of benzene rings is 1. The molecule has 2 rings (SSSR count). The van der Waals surface area contributed by atoms with Crippen molar-refractivity contribution in [3.05, 3.63) is 60.3 Å². The van der Waals surface area contributed by atoms with Gasteiger partial charge < -0.3 is 10.2 Å². The van der Waals surface area contributed by atoms with Crippen molar-refractivity contribution in [1.82, 2.24) is 9.55 Å². The van der Waals surface area contributed by atoms with Crippen molar-refractivity contribution in [1.29, 1.82) is 0 Å². The number of carbonyl (C=O) groups is 2. The van der Waals surface area contributed by atoms with Gasteiger partial charge in [-0.15, -0.1) is 0 Å². The van der Waals surface area contributed by atoms with Crippen LogP contribution in [0.3, 0.4) is 0 Å². The standard InChI is InChI=1S/C12H6Cl2N2O6.Li.H/c13-4-1-5(14)3-6(2-4)16-8(11(20)21)7(10(18)19)9(17)15-12(16)22;;/h1-3H,(H,18,19)(H,20,21)(H,15,17,22);;. The predicted molar refractivity (Wildman–Crippen MR) is 83.7 cm³/mol. The Morgan fingerprint density at radius 2 is 1.52 bits per heavy atom. The molecule has 0 atom stereocenters. The summed E-state index contributed by atoms with van der Waals surface area (Å²) in [6, 6.07) is 3.73. The first-order valence-electron chi connectivity index (χ1n) is 5.54. The van der Waals surface area contributed by atoms with Gasteiger partial charge in [0.25, 0.3) is 5.56 Å². The molecule has 11 heteroatoms. The zero-order chi connectivity index (χ0) is 16.6. The second-order valence-electron chi connectivity index (χ2n) is 4.06. The molecule has 8 nitrogen and oxygen atoms in total. The maximum atomic E-state index is 11.9. The third kappa shape index (κ3) is 3.68. The number of halogens is 2. The summed E-state index contributed by atoms with van der Waals surface area (Å²) < 4.78 is 0.505. The van der Waals surface area contributed by atoms with Crippen LogP contribution in [0.2, 0.25) is 10.0 Å². The third-order valence-electron chi connectivity index (χ3n) is 2.63. The van der Waals surface area contributed by atoms with Crippen LogP contribution >= 0.6 is 23.2 Å². The van der Waals surface area contributed by atoms with Gasteiger partial charge in [-0.2, -0.15) is 0 Å². The minimum absolute atomic E-state index is 0. The van der Waals surface area contributed by atoms with E-state index in [1.165, 1.54) is 18.2 Å². The first-order chi connectivity index (χ1) is 10.2. The number of rotatable bonds is 3. The van der Waals surface area contributed by atoms with Crippen LogP contribution in [0.15, 0.2) is 27.8 Å². The Hall–Kier alpha value is -1.98. The van der Waals surface area contributed by atoms with E-state index in [4.69, 9.17) is 28.3 Å². The quantitative estimate of drug-likeness (QED) is 0.693. The van der Waals surface area contributed by atoms with Gasteiger partial charge in [-0.25, -0.2) is 14.4 Å². The van der Waals surface area contributed by atoms with E-state index < -0.39 is 34.4 Å². The molecule has 23 heavy (non-hydrogen) atoms. The van der Waals surface area contributed by atoms with E-state index in [-0.39, 0.29) is 34.6 Å². The molecular weight excluding hydrogens is 346 g/mol. The van der Waals surface area contributed by atoms with Crippen molar-refractivity contribution < 1.29 is 19.8 Å². The van der Waals surface area contributed by atoms with E-state index in [0.717, 1.165) is 0 Å².